The van der Waals surface area contributed by atoms with Crippen molar-refractivity contribution in [2.24, 2.45) is 0 Å². The van der Waals surface area contributed by atoms with Gasteiger partial charge in [0, 0.05) is 23.9 Å². The van der Waals surface area contributed by atoms with Crippen LogP contribution in [0, 0.1) is 0 Å². The van der Waals surface area contributed by atoms with Crippen molar-refractivity contribution in [2.75, 3.05) is 7.11 Å². The van der Waals surface area contributed by atoms with Crippen molar-refractivity contribution in [2.45, 2.75) is 26.4 Å². The molecule has 2 aromatic heterocycles. The summed E-state index contributed by atoms with van der Waals surface area (Å²) in [5.74, 6) is 1.25. The van der Waals surface area contributed by atoms with Crippen LogP contribution in [0.1, 0.15) is 36.1 Å². The fraction of sp³-hybridized carbons (Fsp3) is 0.263. The van der Waals surface area contributed by atoms with Crippen LogP contribution in [-0.2, 0) is 6.54 Å². The molecule has 0 aliphatic carbocycles. The first-order valence-corrected chi connectivity index (χ1v) is 8.13. The zero-order valence-electron chi connectivity index (χ0n) is 14.5. The van der Waals surface area contributed by atoms with Gasteiger partial charge in [0.05, 0.1) is 13.7 Å². The molecule has 25 heavy (non-hydrogen) atoms. The van der Waals surface area contributed by atoms with Crippen LogP contribution >= 0.6 is 0 Å². The van der Waals surface area contributed by atoms with Gasteiger partial charge in [-0.3, -0.25) is 4.79 Å². The lowest BCUT2D eigenvalue weighted by Crippen LogP contribution is -2.25. The molecule has 0 saturated heterocycles. The van der Waals surface area contributed by atoms with Gasteiger partial charge < -0.3 is 19.1 Å². The van der Waals surface area contributed by atoms with E-state index in [1.807, 2.05) is 61.0 Å². The molecule has 0 aliphatic rings. The minimum absolute atomic E-state index is 0.135. The van der Waals surface area contributed by atoms with Crippen LogP contribution in [0.25, 0.3) is 11.3 Å². The van der Waals surface area contributed by atoms with Gasteiger partial charge in [0.15, 0.2) is 5.76 Å². The smallest absolute Gasteiger partial charge is 0.268 e. The Balaban J connectivity index is 1.67. The summed E-state index contributed by atoms with van der Waals surface area (Å²) in [6, 6.07) is 13.3. The lowest BCUT2D eigenvalue weighted by Gasteiger charge is -2.12. The summed E-state index contributed by atoms with van der Waals surface area (Å²) in [5, 5.41) is 6.90. The Morgan fingerprint density at radius 1 is 1.28 bits per heavy atom. The highest BCUT2D eigenvalue weighted by Crippen LogP contribution is 2.24. The number of ether oxygens (including phenoxy) is 1. The van der Waals surface area contributed by atoms with Crippen molar-refractivity contribution in [3.05, 3.63) is 60.0 Å². The van der Waals surface area contributed by atoms with Gasteiger partial charge in [0.2, 0.25) is 0 Å². The van der Waals surface area contributed by atoms with E-state index in [2.05, 4.69) is 10.5 Å². The van der Waals surface area contributed by atoms with Gasteiger partial charge in [0.1, 0.15) is 17.1 Å². The molecule has 0 bridgehead atoms. The first-order chi connectivity index (χ1) is 12.1. The molecule has 6 heteroatoms. The molecular weight excluding hydrogens is 318 g/mol. The number of rotatable bonds is 6. The maximum absolute atomic E-state index is 12.4. The van der Waals surface area contributed by atoms with E-state index in [9.17, 15) is 4.79 Å². The zero-order valence-corrected chi connectivity index (χ0v) is 14.5. The number of nitrogens with zero attached hydrogens (tertiary/aromatic N) is 2. The summed E-state index contributed by atoms with van der Waals surface area (Å²) in [7, 11) is 1.62. The summed E-state index contributed by atoms with van der Waals surface area (Å²) in [5.41, 5.74) is 2.17. The largest absolute Gasteiger partial charge is 0.497 e. The number of benzene rings is 1. The van der Waals surface area contributed by atoms with Gasteiger partial charge in [-0.1, -0.05) is 17.3 Å². The summed E-state index contributed by atoms with van der Waals surface area (Å²) in [6.45, 7) is 4.37. The van der Waals surface area contributed by atoms with E-state index in [1.54, 1.807) is 13.2 Å². The first kappa shape index (κ1) is 16.8. The molecule has 130 valence electrons. The summed E-state index contributed by atoms with van der Waals surface area (Å²) >= 11 is 0. The van der Waals surface area contributed by atoms with Crippen LogP contribution in [0.5, 0.6) is 5.75 Å². The Kier molecular flexibility index (Phi) is 4.88. The summed E-state index contributed by atoms with van der Waals surface area (Å²) < 4.78 is 12.5. The van der Waals surface area contributed by atoms with Crippen molar-refractivity contribution in [1.82, 2.24) is 15.0 Å². The fourth-order valence-electron chi connectivity index (χ4n) is 2.61. The van der Waals surface area contributed by atoms with E-state index in [0.717, 1.165) is 11.3 Å². The molecule has 1 amide bonds. The minimum Gasteiger partial charge on any atom is -0.497 e. The van der Waals surface area contributed by atoms with Crippen LogP contribution < -0.4 is 10.1 Å². The molecule has 0 aliphatic heterocycles. The molecule has 3 aromatic rings. The van der Waals surface area contributed by atoms with Gasteiger partial charge in [-0.15, -0.1) is 0 Å². The average molecular weight is 339 g/mol. The predicted octanol–water partition coefficient (Wildman–Crippen LogP) is 3.66. The second-order valence-electron chi connectivity index (χ2n) is 5.99. The Bertz CT molecular complexity index is 864. The molecule has 0 atom stereocenters. The number of nitrogens with one attached hydrogen (secondary N) is 1. The van der Waals surface area contributed by atoms with Gasteiger partial charge in [0.25, 0.3) is 5.91 Å². The van der Waals surface area contributed by atoms with Crippen LogP contribution in [0.3, 0.4) is 0 Å². The zero-order chi connectivity index (χ0) is 17.8. The maximum atomic E-state index is 12.4. The Morgan fingerprint density at radius 2 is 2.12 bits per heavy atom. The van der Waals surface area contributed by atoms with Crippen molar-refractivity contribution in [1.29, 1.82) is 0 Å². The second-order valence-corrected chi connectivity index (χ2v) is 5.99. The lowest BCUT2D eigenvalue weighted by molar-refractivity contribution is 0.0939. The van der Waals surface area contributed by atoms with Crippen LogP contribution in [-0.4, -0.2) is 22.7 Å². The van der Waals surface area contributed by atoms with Crippen molar-refractivity contribution in [3.63, 3.8) is 0 Å². The molecule has 6 nitrogen and oxygen atoms in total. The monoisotopic (exact) mass is 339 g/mol. The fourth-order valence-corrected chi connectivity index (χ4v) is 2.61. The molecule has 3 rings (SSSR count). The molecule has 0 spiro atoms. The van der Waals surface area contributed by atoms with Crippen molar-refractivity contribution < 1.29 is 14.1 Å². The van der Waals surface area contributed by atoms with E-state index in [0.29, 0.717) is 23.7 Å². The van der Waals surface area contributed by atoms with Gasteiger partial charge in [-0.2, -0.15) is 0 Å². The predicted molar refractivity (Wildman–Crippen MR) is 94.5 cm³/mol. The molecule has 0 radical (unpaired) electrons. The van der Waals surface area contributed by atoms with Crippen molar-refractivity contribution >= 4 is 5.91 Å². The number of amides is 1. The number of carbonyl (C=O) groups excluding carboxylic acids is 1. The molecular formula is C19H21N3O3. The third-order valence-electron chi connectivity index (χ3n) is 3.91. The highest BCUT2D eigenvalue weighted by molar-refractivity contribution is 5.92. The Hall–Kier alpha value is -3.02. The van der Waals surface area contributed by atoms with Gasteiger partial charge in [-0.25, -0.2) is 0 Å². The number of hydrogen-bond acceptors (Lipinski definition) is 4. The molecule has 0 fully saturated rings. The van der Waals surface area contributed by atoms with E-state index in [-0.39, 0.29) is 11.9 Å². The summed E-state index contributed by atoms with van der Waals surface area (Å²) in [6.07, 6.45) is 1.90. The highest BCUT2D eigenvalue weighted by Gasteiger charge is 2.14. The van der Waals surface area contributed by atoms with Crippen LogP contribution in [0.15, 0.2) is 53.2 Å². The van der Waals surface area contributed by atoms with Crippen LogP contribution in [0.4, 0.5) is 0 Å². The molecule has 1 N–H and O–H groups in total. The topological polar surface area (TPSA) is 69.3 Å². The Labute approximate surface area is 146 Å². The standard InChI is InChI=1S/C19H21N3O3/c1-13(2)22-9-5-8-17(22)19(23)20-12-15-11-18(25-21-15)14-6-4-7-16(10-14)24-3/h4-11,13H,12H2,1-3H3,(H,20,23). The number of aromatic nitrogens is 2. The lowest BCUT2D eigenvalue weighted by atomic mass is 10.1. The second kappa shape index (κ2) is 7.25. The van der Waals surface area contributed by atoms with Crippen LogP contribution in [0.2, 0.25) is 0 Å². The van der Waals surface area contributed by atoms with E-state index in [4.69, 9.17) is 9.26 Å². The van der Waals surface area contributed by atoms with E-state index >= 15 is 0 Å². The maximum Gasteiger partial charge on any atom is 0.268 e. The number of carbonyl (C=O) groups is 1. The Morgan fingerprint density at radius 3 is 2.88 bits per heavy atom. The van der Waals surface area contributed by atoms with Gasteiger partial charge in [-0.05, 0) is 38.1 Å². The first-order valence-electron chi connectivity index (χ1n) is 8.13. The molecule has 0 unspecified atom stereocenters. The van der Waals surface area contributed by atoms with E-state index < -0.39 is 0 Å². The molecule has 2 heterocycles. The average Bonchev–Trinajstić information content (AvgIpc) is 3.29. The summed E-state index contributed by atoms with van der Waals surface area (Å²) in [4.78, 5) is 12.4. The quantitative estimate of drug-likeness (QED) is 0.744. The number of methoxy groups -OCH3 is 1. The molecule has 1 aromatic carbocycles. The minimum atomic E-state index is -0.135. The van der Waals surface area contributed by atoms with Crippen molar-refractivity contribution in [3.8, 4) is 17.1 Å². The SMILES string of the molecule is COc1cccc(-c2cc(CNC(=O)c3cccn3C(C)C)no2)c1. The third kappa shape index (κ3) is 3.74. The van der Waals surface area contributed by atoms with Gasteiger partial charge >= 0.3 is 0 Å². The normalized spacial score (nSPS) is 10.9. The van der Waals surface area contributed by atoms with E-state index in [1.165, 1.54) is 0 Å². The number of hydrogen-bond donors (Lipinski definition) is 1. The third-order valence-corrected chi connectivity index (χ3v) is 3.91. The molecule has 0 saturated carbocycles. The highest BCUT2D eigenvalue weighted by atomic mass is 16.5.